The van der Waals surface area contributed by atoms with Crippen molar-refractivity contribution in [3.63, 3.8) is 0 Å². The summed E-state index contributed by atoms with van der Waals surface area (Å²) in [5.74, 6) is 0.0580. The summed E-state index contributed by atoms with van der Waals surface area (Å²) in [6.45, 7) is 4.38. The number of hydrogen-bond donors (Lipinski definition) is 1. The van der Waals surface area contributed by atoms with Gasteiger partial charge in [0.2, 0.25) is 5.91 Å². The fourth-order valence-corrected chi connectivity index (χ4v) is 2.84. The van der Waals surface area contributed by atoms with E-state index in [0.29, 0.717) is 13.0 Å². The van der Waals surface area contributed by atoms with Crippen molar-refractivity contribution < 1.29 is 9.53 Å². The van der Waals surface area contributed by atoms with Crippen LogP contribution in [0.15, 0.2) is 24.3 Å². The average Bonchev–Trinajstić information content (AvgIpc) is 2.79. The summed E-state index contributed by atoms with van der Waals surface area (Å²) in [6, 6.07) is 8.17. The highest BCUT2D eigenvalue weighted by molar-refractivity contribution is 5.79. The molecule has 0 aliphatic carbocycles. The summed E-state index contributed by atoms with van der Waals surface area (Å²) in [4.78, 5) is 16.5. The van der Waals surface area contributed by atoms with Crippen LogP contribution in [0.5, 0.6) is 0 Å². The molecule has 5 heteroatoms. The summed E-state index contributed by atoms with van der Waals surface area (Å²) in [6.07, 6.45) is 0.502. The molecule has 1 N–H and O–H groups in total. The van der Waals surface area contributed by atoms with E-state index in [4.69, 9.17) is 4.74 Å². The molecule has 0 bridgehead atoms. The van der Waals surface area contributed by atoms with E-state index in [0.717, 1.165) is 24.3 Å². The number of hydrogen-bond acceptors (Lipinski definition) is 4. The topological polar surface area (TPSA) is 44.8 Å². The van der Waals surface area contributed by atoms with Crippen LogP contribution in [-0.2, 0) is 16.0 Å². The van der Waals surface area contributed by atoms with Crippen LogP contribution in [0, 0.1) is 0 Å². The van der Waals surface area contributed by atoms with Gasteiger partial charge in [0.15, 0.2) is 0 Å². The summed E-state index contributed by atoms with van der Waals surface area (Å²) in [7, 11) is 6.07. The van der Waals surface area contributed by atoms with Crippen molar-refractivity contribution in [1.29, 1.82) is 0 Å². The second-order valence-corrected chi connectivity index (χ2v) is 6.13. The fourth-order valence-electron chi connectivity index (χ4n) is 2.84. The number of carbonyl (C=O) groups excluding carboxylic acids is 1. The standard InChI is InChI=1S/C17H27N3O2/c1-5-22-16-12-20(4)11-15(16)18-17(21)10-13-6-8-14(9-7-13)19(2)3/h6-9,15-16H,5,10-12H2,1-4H3,(H,18,21)/t15-,16-/m1/s1. The molecule has 1 aromatic carbocycles. The lowest BCUT2D eigenvalue weighted by Gasteiger charge is -2.20. The average molecular weight is 305 g/mol. The second kappa shape index (κ2) is 7.61. The molecule has 2 atom stereocenters. The van der Waals surface area contributed by atoms with Crippen molar-refractivity contribution in [2.75, 3.05) is 45.7 Å². The largest absolute Gasteiger partial charge is 0.378 e. The van der Waals surface area contributed by atoms with Gasteiger partial charge in [0, 0.05) is 39.5 Å². The Morgan fingerprint density at radius 3 is 2.59 bits per heavy atom. The van der Waals surface area contributed by atoms with Crippen LogP contribution in [0.2, 0.25) is 0 Å². The van der Waals surface area contributed by atoms with E-state index >= 15 is 0 Å². The highest BCUT2D eigenvalue weighted by atomic mass is 16.5. The molecule has 0 unspecified atom stereocenters. The highest BCUT2D eigenvalue weighted by Gasteiger charge is 2.32. The molecule has 0 saturated carbocycles. The SMILES string of the molecule is CCO[C@@H]1CN(C)C[C@H]1NC(=O)Cc1ccc(N(C)C)cc1. The molecule has 1 aromatic rings. The molecule has 122 valence electrons. The van der Waals surface area contributed by atoms with Gasteiger partial charge < -0.3 is 19.9 Å². The molecule has 1 fully saturated rings. The van der Waals surface area contributed by atoms with Crippen LogP contribution in [0.1, 0.15) is 12.5 Å². The zero-order valence-electron chi connectivity index (χ0n) is 14.0. The number of rotatable bonds is 6. The van der Waals surface area contributed by atoms with Crippen LogP contribution in [0.4, 0.5) is 5.69 Å². The van der Waals surface area contributed by atoms with Gasteiger partial charge in [0.25, 0.3) is 0 Å². The predicted molar refractivity (Wildman–Crippen MR) is 89.3 cm³/mol. The van der Waals surface area contributed by atoms with Crippen molar-refractivity contribution in [2.45, 2.75) is 25.5 Å². The molecular weight excluding hydrogens is 278 g/mol. The lowest BCUT2D eigenvalue weighted by Crippen LogP contribution is -2.44. The predicted octanol–water partition coefficient (Wildman–Crippen LogP) is 1.13. The van der Waals surface area contributed by atoms with E-state index in [1.54, 1.807) is 0 Å². The van der Waals surface area contributed by atoms with Crippen molar-refractivity contribution in [3.05, 3.63) is 29.8 Å². The van der Waals surface area contributed by atoms with Gasteiger partial charge in [-0.1, -0.05) is 12.1 Å². The van der Waals surface area contributed by atoms with Gasteiger partial charge in [0.05, 0.1) is 18.6 Å². The Kier molecular flexibility index (Phi) is 5.80. The second-order valence-electron chi connectivity index (χ2n) is 6.13. The molecule has 0 spiro atoms. The number of nitrogens with one attached hydrogen (secondary N) is 1. The Morgan fingerprint density at radius 1 is 1.32 bits per heavy atom. The van der Waals surface area contributed by atoms with E-state index in [9.17, 15) is 4.79 Å². The first-order valence-corrected chi connectivity index (χ1v) is 7.85. The molecule has 1 heterocycles. The van der Waals surface area contributed by atoms with Gasteiger partial charge in [-0.15, -0.1) is 0 Å². The first kappa shape index (κ1) is 16.8. The molecular formula is C17H27N3O2. The Labute approximate surface area is 133 Å². The smallest absolute Gasteiger partial charge is 0.224 e. The van der Waals surface area contributed by atoms with Gasteiger partial charge >= 0.3 is 0 Å². The lowest BCUT2D eigenvalue weighted by atomic mass is 10.1. The minimum absolute atomic E-state index is 0.0580. The van der Waals surface area contributed by atoms with Gasteiger partial charge in [0.1, 0.15) is 0 Å². The van der Waals surface area contributed by atoms with Crippen LogP contribution in [0.3, 0.4) is 0 Å². The number of benzene rings is 1. The van der Waals surface area contributed by atoms with Crippen molar-refractivity contribution >= 4 is 11.6 Å². The minimum atomic E-state index is 0.0580. The molecule has 22 heavy (non-hydrogen) atoms. The summed E-state index contributed by atoms with van der Waals surface area (Å²) in [5.41, 5.74) is 2.17. The van der Waals surface area contributed by atoms with Gasteiger partial charge in [-0.3, -0.25) is 4.79 Å². The molecule has 1 aliphatic heterocycles. The Hall–Kier alpha value is -1.59. The highest BCUT2D eigenvalue weighted by Crippen LogP contribution is 2.14. The molecule has 1 amide bonds. The number of anilines is 1. The normalized spacial score (nSPS) is 21.8. The molecule has 5 nitrogen and oxygen atoms in total. The molecule has 1 aliphatic rings. The van der Waals surface area contributed by atoms with E-state index in [1.165, 1.54) is 0 Å². The van der Waals surface area contributed by atoms with E-state index in [-0.39, 0.29) is 18.1 Å². The monoisotopic (exact) mass is 305 g/mol. The maximum atomic E-state index is 12.2. The van der Waals surface area contributed by atoms with Crippen LogP contribution >= 0.6 is 0 Å². The maximum Gasteiger partial charge on any atom is 0.224 e. The molecule has 1 saturated heterocycles. The quantitative estimate of drug-likeness (QED) is 0.856. The van der Waals surface area contributed by atoms with Gasteiger partial charge in [-0.2, -0.15) is 0 Å². The first-order valence-electron chi connectivity index (χ1n) is 7.85. The Morgan fingerprint density at radius 2 is 2.00 bits per heavy atom. The van der Waals surface area contributed by atoms with Crippen LogP contribution in [0.25, 0.3) is 0 Å². The van der Waals surface area contributed by atoms with E-state index < -0.39 is 0 Å². The molecule has 0 aromatic heterocycles. The van der Waals surface area contributed by atoms with Gasteiger partial charge in [-0.25, -0.2) is 0 Å². The number of likely N-dealkylation sites (tertiary alicyclic amines) is 1. The summed E-state index contributed by atoms with van der Waals surface area (Å²) < 4.78 is 5.72. The lowest BCUT2D eigenvalue weighted by molar-refractivity contribution is -0.121. The third kappa shape index (κ3) is 4.45. The zero-order chi connectivity index (χ0) is 16.1. The Balaban J connectivity index is 1.89. The number of carbonyl (C=O) groups is 1. The van der Waals surface area contributed by atoms with E-state index in [1.807, 2.05) is 50.2 Å². The molecule has 0 radical (unpaired) electrons. The molecule has 2 rings (SSSR count). The Bertz CT molecular complexity index is 487. The number of likely N-dealkylation sites (N-methyl/N-ethyl adjacent to an activating group) is 1. The maximum absolute atomic E-state index is 12.2. The summed E-state index contributed by atoms with van der Waals surface area (Å²) >= 11 is 0. The number of amides is 1. The van der Waals surface area contributed by atoms with Crippen molar-refractivity contribution in [3.8, 4) is 0 Å². The zero-order valence-corrected chi connectivity index (χ0v) is 14.0. The fraction of sp³-hybridized carbons (Fsp3) is 0.588. The van der Waals surface area contributed by atoms with Crippen LogP contribution < -0.4 is 10.2 Å². The minimum Gasteiger partial charge on any atom is -0.378 e. The van der Waals surface area contributed by atoms with E-state index in [2.05, 4.69) is 17.3 Å². The number of ether oxygens (including phenoxy) is 1. The first-order chi connectivity index (χ1) is 10.5. The number of nitrogens with zero attached hydrogens (tertiary/aromatic N) is 2. The van der Waals surface area contributed by atoms with Crippen molar-refractivity contribution in [2.24, 2.45) is 0 Å². The third-order valence-corrected chi connectivity index (χ3v) is 3.99. The third-order valence-electron chi connectivity index (χ3n) is 3.99. The van der Waals surface area contributed by atoms with Crippen molar-refractivity contribution in [1.82, 2.24) is 10.2 Å². The van der Waals surface area contributed by atoms with Gasteiger partial charge in [-0.05, 0) is 31.7 Å². The summed E-state index contributed by atoms with van der Waals surface area (Å²) in [5, 5.41) is 3.11. The van der Waals surface area contributed by atoms with Crippen LogP contribution in [-0.4, -0.2) is 63.8 Å².